The Bertz CT molecular complexity index is 578. The van der Waals surface area contributed by atoms with Crippen LogP contribution in [-0.2, 0) is 6.42 Å². The van der Waals surface area contributed by atoms with Crippen molar-refractivity contribution in [3.05, 3.63) is 63.1 Å². The number of halogens is 3. The van der Waals surface area contributed by atoms with Crippen LogP contribution < -0.4 is 5.32 Å². The predicted molar refractivity (Wildman–Crippen MR) is 83.5 cm³/mol. The average molecular weight is 358 g/mol. The molecule has 2 rings (SSSR count). The molecule has 0 aliphatic rings. The highest BCUT2D eigenvalue weighted by Gasteiger charge is 2.17. The molecule has 2 nitrogen and oxygen atoms in total. The highest BCUT2D eigenvalue weighted by Crippen LogP contribution is 2.31. The number of nitrogens with one attached hydrogen (secondary N) is 1. The highest BCUT2D eigenvalue weighted by molar-refractivity contribution is 9.10. The van der Waals surface area contributed by atoms with Gasteiger partial charge < -0.3 is 5.32 Å². The molecule has 1 N–H and O–H groups in total. The maximum atomic E-state index is 14.2. The smallest absolute Gasteiger partial charge is 0.147 e. The van der Waals surface area contributed by atoms with Crippen molar-refractivity contribution in [3.63, 3.8) is 0 Å². The number of aromatic nitrogens is 1. The Hall–Kier alpha value is -0.970. The molecule has 0 saturated heterocycles. The molecule has 0 saturated carbocycles. The standard InChI is InChI=1S/C15H15BrClFN2/c1-19-13(7-4-10-3-2-8-20-9-10)11-5-6-12(16)14(17)15(11)18/h2-3,5-6,8-9,13,19H,4,7H2,1H3. The molecule has 106 valence electrons. The lowest BCUT2D eigenvalue weighted by Gasteiger charge is -2.18. The van der Waals surface area contributed by atoms with Crippen LogP contribution in [0.3, 0.4) is 0 Å². The zero-order valence-electron chi connectivity index (χ0n) is 11.0. The molecule has 1 atom stereocenters. The van der Waals surface area contributed by atoms with Gasteiger partial charge in [-0.1, -0.05) is 23.7 Å². The fraction of sp³-hybridized carbons (Fsp3) is 0.267. The highest BCUT2D eigenvalue weighted by atomic mass is 79.9. The third-order valence-electron chi connectivity index (χ3n) is 3.23. The molecule has 1 aromatic heterocycles. The van der Waals surface area contributed by atoms with Crippen LogP contribution in [0.1, 0.15) is 23.6 Å². The lowest BCUT2D eigenvalue weighted by molar-refractivity contribution is 0.508. The Morgan fingerprint density at radius 2 is 2.20 bits per heavy atom. The van der Waals surface area contributed by atoms with Crippen LogP contribution in [0.15, 0.2) is 41.1 Å². The zero-order chi connectivity index (χ0) is 14.5. The number of aryl methyl sites for hydroxylation is 1. The minimum atomic E-state index is -0.369. The van der Waals surface area contributed by atoms with Crippen LogP contribution in [0.5, 0.6) is 0 Å². The second kappa shape index (κ2) is 7.16. The van der Waals surface area contributed by atoms with Crippen molar-refractivity contribution in [1.29, 1.82) is 0 Å². The largest absolute Gasteiger partial charge is 0.313 e. The van der Waals surface area contributed by atoms with E-state index in [4.69, 9.17) is 11.6 Å². The first-order chi connectivity index (χ1) is 9.63. The molecule has 2 aromatic rings. The molecule has 1 aromatic carbocycles. The molecule has 1 unspecified atom stereocenters. The first-order valence-corrected chi connectivity index (χ1v) is 7.50. The summed E-state index contributed by atoms with van der Waals surface area (Å²) in [7, 11) is 1.82. The van der Waals surface area contributed by atoms with Crippen LogP contribution in [0.2, 0.25) is 5.02 Å². The van der Waals surface area contributed by atoms with E-state index in [1.54, 1.807) is 18.3 Å². The number of rotatable bonds is 5. The van der Waals surface area contributed by atoms with Gasteiger partial charge in [0.1, 0.15) is 5.82 Å². The monoisotopic (exact) mass is 356 g/mol. The second-order valence-electron chi connectivity index (χ2n) is 4.51. The maximum absolute atomic E-state index is 14.2. The van der Waals surface area contributed by atoms with Crippen molar-refractivity contribution in [3.8, 4) is 0 Å². The van der Waals surface area contributed by atoms with Crippen molar-refractivity contribution < 1.29 is 4.39 Å². The van der Waals surface area contributed by atoms with Crippen LogP contribution in [0, 0.1) is 5.82 Å². The lowest BCUT2D eigenvalue weighted by Crippen LogP contribution is -2.18. The van der Waals surface area contributed by atoms with Gasteiger partial charge in [-0.15, -0.1) is 0 Å². The summed E-state index contributed by atoms with van der Waals surface area (Å²) in [4.78, 5) is 4.08. The second-order valence-corrected chi connectivity index (χ2v) is 5.74. The van der Waals surface area contributed by atoms with Gasteiger partial charge in [-0.25, -0.2) is 4.39 Å². The Morgan fingerprint density at radius 1 is 1.40 bits per heavy atom. The molecule has 0 radical (unpaired) electrons. The lowest BCUT2D eigenvalue weighted by atomic mass is 9.99. The van der Waals surface area contributed by atoms with Gasteiger partial charge in [-0.05, 0) is 53.5 Å². The van der Waals surface area contributed by atoms with E-state index in [9.17, 15) is 4.39 Å². The molecule has 1 heterocycles. The molecule has 0 spiro atoms. The van der Waals surface area contributed by atoms with Gasteiger partial charge in [0.2, 0.25) is 0 Å². The van der Waals surface area contributed by atoms with Crippen LogP contribution in [0.25, 0.3) is 0 Å². The first kappa shape index (κ1) is 15.4. The molecule has 20 heavy (non-hydrogen) atoms. The summed E-state index contributed by atoms with van der Waals surface area (Å²) in [6.45, 7) is 0. The number of hydrogen-bond donors (Lipinski definition) is 1. The molecule has 0 aliphatic carbocycles. The fourth-order valence-electron chi connectivity index (χ4n) is 2.12. The fourth-order valence-corrected chi connectivity index (χ4v) is 2.60. The van der Waals surface area contributed by atoms with E-state index in [2.05, 4.69) is 26.2 Å². The Kier molecular flexibility index (Phi) is 5.52. The minimum absolute atomic E-state index is 0.0826. The number of benzene rings is 1. The van der Waals surface area contributed by atoms with E-state index in [0.717, 1.165) is 18.4 Å². The van der Waals surface area contributed by atoms with Crippen molar-refractivity contribution in [2.75, 3.05) is 7.05 Å². The van der Waals surface area contributed by atoms with E-state index in [1.807, 2.05) is 25.4 Å². The van der Waals surface area contributed by atoms with E-state index in [-0.39, 0.29) is 16.9 Å². The van der Waals surface area contributed by atoms with Crippen molar-refractivity contribution in [2.45, 2.75) is 18.9 Å². The van der Waals surface area contributed by atoms with Gasteiger partial charge in [0.15, 0.2) is 0 Å². The topological polar surface area (TPSA) is 24.9 Å². The average Bonchev–Trinajstić information content (AvgIpc) is 2.48. The Balaban J connectivity index is 2.15. The molecule has 5 heteroatoms. The van der Waals surface area contributed by atoms with E-state index in [0.29, 0.717) is 10.0 Å². The molecular weight excluding hydrogens is 343 g/mol. The minimum Gasteiger partial charge on any atom is -0.313 e. The van der Waals surface area contributed by atoms with Crippen molar-refractivity contribution in [2.24, 2.45) is 0 Å². The molecule has 0 fully saturated rings. The number of hydrogen-bond acceptors (Lipinski definition) is 2. The summed E-state index contributed by atoms with van der Waals surface area (Å²) in [6, 6.07) is 7.37. The molecule has 0 aliphatic heterocycles. The third kappa shape index (κ3) is 3.57. The first-order valence-electron chi connectivity index (χ1n) is 6.33. The molecular formula is C15H15BrClFN2. The summed E-state index contributed by atoms with van der Waals surface area (Å²) in [5.41, 5.74) is 1.72. The Morgan fingerprint density at radius 3 is 2.85 bits per heavy atom. The quantitative estimate of drug-likeness (QED) is 0.795. The normalized spacial score (nSPS) is 12.4. The van der Waals surface area contributed by atoms with E-state index in [1.165, 1.54) is 0 Å². The van der Waals surface area contributed by atoms with Gasteiger partial charge >= 0.3 is 0 Å². The Labute approximate surface area is 131 Å². The zero-order valence-corrected chi connectivity index (χ0v) is 13.4. The number of pyridine rings is 1. The van der Waals surface area contributed by atoms with Gasteiger partial charge in [0.05, 0.1) is 5.02 Å². The van der Waals surface area contributed by atoms with Gasteiger partial charge in [-0.2, -0.15) is 0 Å². The summed E-state index contributed by atoms with van der Waals surface area (Å²) in [5, 5.41) is 3.27. The summed E-state index contributed by atoms with van der Waals surface area (Å²) >= 11 is 9.17. The summed E-state index contributed by atoms with van der Waals surface area (Å²) < 4.78 is 14.8. The van der Waals surface area contributed by atoms with Crippen LogP contribution in [0.4, 0.5) is 4.39 Å². The summed E-state index contributed by atoms with van der Waals surface area (Å²) in [6.07, 6.45) is 5.17. The predicted octanol–water partition coefficient (Wildman–Crippen LogP) is 4.53. The summed E-state index contributed by atoms with van der Waals surface area (Å²) in [5.74, 6) is -0.369. The molecule has 0 bridgehead atoms. The SMILES string of the molecule is CNC(CCc1cccnc1)c1ccc(Br)c(Cl)c1F. The molecule has 0 amide bonds. The maximum Gasteiger partial charge on any atom is 0.147 e. The van der Waals surface area contributed by atoms with Crippen LogP contribution in [-0.4, -0.2) is 12.0 Å². The number of nitrogens with zero attached hydrogens (tertiary/aromatic N) is 1. The van der Waals surface area contributed by atoms with Gasteiger partial charge in [0, 0.05) is 28.5 Å². The van der Waals surface area contributed by atoms with Gasteiger partial charge in [0.25, 0.3) is 0 Å². The van der Waals surface area contributed by atoms with Gasteiger partial charge in [-0.3, -0.25) is 4.98 Å². The van der Waals surface area contributed by atoms with E-state index >= 15 is 0 Å². The third-order valence-corrected chi connectivity index (χ3v) is 4.49. The van der Waals surface area contributed by atoms with Crippen molar-refractivity contribution >= 4 is 27.5 Å². The van der Waals surface area contributed by atoms with E-state index < -0.39 is 0 Å². The van der Waals surface area contributed by atoms with Crippen LogP contribution >= 0.6 is 27.5 Å². The van der Waals surface area contributed by atoms with Crippen molar-refractivity contribution in [1.82, 2.24) is 10.3 Å².